The van der Waals surface area contributed by atoms with Crippen LogP contribution in [0.1, 0.15) is 53.4 Å². The van der Waals surface area contributed by atoms with E-state index < -0.39 is 6.10 Å². The first-order valence-corrected chi connectivity index (χ1v) is 7.07. The van der Waals surface area contributed by atoms with Crippen LogP contribution < -0.4 is 11.1 Å². The quantitative estimate of drug-likeness (QED) is 0.788. The van der Waals surface area contributed by atoms with Crippen LogP contribution in [0.5, 0.6) is 0 Å². The highest BCUT2D eigenvalue weighted by molar-refractivity contribution is 5.80. The van der Waals surface area contributed by atoms with E-state index in [0.717, 1.165) is 19.3 Å². The third kappa shape index (κ3) is 4.25. The van der Waals surface area contributed by atoms with Crippen molar-refractivity contribution in [2.24, 2.45) is 11.7 Å². The molecule has 0 radical (unpaired) electrons. The lowest BCUT2D eigenvalue weighted by atomic mass is 9.78. The Balaban J connectivity index is 2.59. The van der Waals surface area contributed by atoms with Gasteiger partial charge in [-0.15, -0.1) is 0 Å². The summed E-state index contributed by atoms with van der Waals surface area (Å²) in [5, 5.41) is 2.88. The minimum atomic E-state index is -0.429. The number of hydrogen-bond donors (Lipinski definition) is 2. The van der Waals surface area contributed by atoms with Gasteiger partial charge in [-0.1, -0.05) is 19.8 Å². The van der Waals surface area contributed by atoms with Crippen molar-refractivity contribution in [3.63, 3.8) is 0 Å². The first-order chi connectivity index (χ1) is 8.38. The standard InChI is InChI=1S/C14H28N2O2/c1-10(2)16-13(17)12(4)18-14(9-15)7-5-6-11(3)8-14/h10-12H,5-9,15H2,1-4H3,(H,16,17). The maximum atomic E-state index is 11.9. The van der Waals surface area contributed by atoms with Gasteiger partial charge in [-0.3, -0.25) is 4.79 Å². The Kier molecular flexibility index (Phi) is 5.60. The minimum Gasteiger partial charge on any atom is -0.361 e. The molecule has 0 spiro atoms. The summed E-state index contributed by atoms with van der Waals surface area (Å²) in [6, 6.07) is 0.141. The van der Waals surface area contributed by atoms with Crippen LogP contribution in [0, 0.1) is 5.92 Å². The van der Waals surface area contributed by atoms with Crippen molar-refractivity contribution in [1.29, 1.82) is 0 Å². The molecule has 0 aromatic heterocycles. The van der Waals surface area contributed by atoms with Gasteiger partial charge in [0.1, 0.15) is 6.10 Å². The molecule has 3 N–H and O–H groups in total. The summed E-state index contributed by atoms with van der Waals surface area (Å²) in [7, 11) is 0. The Bertz CT molecular complexity index is 281. The average molecular weight is 256 g/mol. The van der Waals surface area contributed by atoms with Gasteiger partial charge in [0.2, 0.25) is 5.91 Å². The van der Waals surface area contributed by atoms with Gasteiger partial charge >= 0.3 is 0 Å². The normalized spacial score (nSPS) is 30.2. The highest BCUT2D eigenvalue weighted by Crippen LogP contribution is 2.35. The largest absolute Gasteiger partial charge is 0.361 e. The Morgan fingerprint density at radius 3 is 2.67 bits per heavy atom. The van der Waals surface area contributed by atoms with Crippen LogP contribution in [0.3, 0.4) is 0 Å². The van der Waals surface area contributed by atoms with Crippen molar-refractivity contribution < 1.29 is 9.53 Å². The van der Waals surface area contributed by atoms with E-state index >= 15 is 0 Å². The second-order valence-electron chi connectivity index (χ2n) is 6.01. The number of rotatable bonds is 5. The number of amides is 1. The summed E-state index contributed by atoms with van der Waals surface area (Å²) in [4.78, 5) is 11.9. The van der Waals surface area contributed by atoms with Crippen LogP contribution in [-0.4, -0.2) is 30.2 Å². The summed E-state index contributed by atoms with van der Waals surface area (Å²) in [5.74, 6) is 0.582. The smallest absolute Gasteiger partial charge is 0.249 e. The molecule has 3 unspecified atom stereocenters. The molecule has 106 valence electrons. The van der Waals surface area contributed by atoms with Gasteiger partial charge in [-0.05, 0) is 39.5 Å². The predicted molar refractivity (Wildman–Crippen MR) is 73.2 cm³/mol. The van der Waals surface area contributed by atoms with E-state index in [2.05, 4.69) is 12.2 Å². The lowest BCUT2D eigenvalue weighted by molar-refractivity contribution is -0.151. The van der Waals surface area contributed by atoms with Crippen molar-refractivity contribution in [2.45, 2.75) is 71.1 Å². The Morgan fingerprint density at radius 1 is 1.50 bits per heavy atom. The molecule has 0 aromatic rings. The summed E-state index contributed by atoms with van der Waals surface area (Å²) in [5.41, 5.74) is 5.59. The Morgan fingerprint density at radius 2 is 2.17 bits per heavy atom. The van der Waals surface area contributed by atoms with Crippen molar-refractivity contribution >= 4 is 5.91 Å². The van der Waals surface area contributed by atoms with E-state index in [4.69, 9.17) is 10.5 Å². The van der Waals surface area contributed by atoms with Gasteiger partial charge < -0.3 is 15.8 Å². The van der Waals surface area contributed by atoms with E-state index in [1.807, 2.05) is 20.8 Å². The maximum absolute atomic E-state index is 11.9. The Labute approximate surface area is 111 Å². The van der Waals surface area contributed by atoms with Gasteiger partial charge in [0.25, 0.3) is 0 Å². The lowest BCUT2D eigenvalue weighted by Crippen LogP contribution is -2.50. The van der Waals surface area contributed by atoms with Crippen LogP contribution in [0.4, 0.5) is 0 Å². The topological polar surface area (TPSA) is 64.3 Å². The fourth-order valence-electron chi connectivity index (χ4n) is 2.78. The van der Waals surface area contributed by atoms with Crippen molar-refractivity contribution in [3.05, 3.63) is 0 Å². The van der Waals surface area contributed by atoms with Crippen LogP contribution in [0.25, 0.3) is 0 Å². The number of carbonyl (C=O) groups is 1. The monoisotopic (exact) mass is 256 g/mol. The molecule has 1 saturated carbocycles. The fraction of sp³-hybridized carbons (Fsp3) is 0.929. The van der Waals surface area contributed by atoms with Gasteiger partial charge in [0.05, 0.1) is 5.60 Å². The molecule has 1 aliphatic rings. The van der Waals surface area contributed by atoms with E-state index in [1.54, 1.807) is 0 Å². The van der Waals surface area contributed by atoms with Crippen molar-refractivity contribution in [3.8, 4) is 0 Å². The minimum absolute atomic E-state index is 0.0453. The highest BCUT2D eigenvalue weighted by atomic mass is 16.5. The molecule has 0 bridgehead atoms. The van der Waals surface area contributed by atoms with Crippen LogP contribution in [0.15, 0.2) is 0 Å². The molecule has 4 nitrogen and oxygen atoms in total. The SMILES string of the molecule is CC1CCCC(CN)(OC(C)C(=O)NC(C)C)C1. The maximum Gasteiger partial charge on any atom is 0.249 e. The van der Waals surface area contributed by atoms with E-state index in [1.165, 1.54) is 6.42 Å². The molecule has 4 heteroatoms. The number of nitrogens with one attached hydrogen (secondary N) is 1. The summed E-state index contributed by atoms with van der Waals surface area (Å²) >= 11 is 0. The first-order valence-electron chi connectivity index (χ1n) is 7.07. The van der Waals surface area contributed by atoms with Gasteiger partial charge in [-0.2, -0.15) is 0 Å². The molecular formula is C14H28N2O2. The lowest BCUT2D eigenvalue weighted by Gasteiger charge is -2.40. The van der Waals surface area contributed by atoms with Gasteiger partial charge in [0, 0.05) is 12.6 Å². The molecule has 3 atom stereocenters. The third-order valence-corrected chi connectivity index (χ3v) is 3.65. The zero-order valence-corrected chi connectivity index (χ0v) is 12.2. The Hall–Kier alpha value is -0.610. The number of hydrogen-bond acceptors (Lipinski definition) is 3. The van der Waals surface area contributed by atoms with E-state index in [0.29, 0.717) is 12.5 Å². The first kappa shape index (κ1) is 15.4. The summed E-state index contributed by atoms with van der Waals surface area (Å²) in [6.45, 7) is 8.44. The number of nitrogens with two attached hydrogens (primary N) is 1. The predicted octanol–water partition coefficient (Wildman–Crippen LogP) is 1.82. The molecular weight excluding hydrogens is 228 g/mol. The number of ether oxygens (including phenoxy) is 1. The molecule has 0 aliphatic heterocycles. The van der Waals surface area contributed by atoms with E-state index in [9.17, 15) is 4.79 Å². The van der Waals surface area contributed by atoms with E-state index in [-0.39, 0.29) is 17.6 Å². The average Bonchev–Trinajstić information content (AvgIpc) is 2.28. The molecule has 0 heterocycles. The molecule has 1 amide bonds. The molecule has 0 aromatic carbocycles. The van der Waals surface area contributed by atoms with Crippen molar-refractivity contribution in [1.82, 2.24) is 5.32 Å². The second kappa shape index (κ2) is 6.53. The molecule has 1 aliphatic carbocycles. The molecule has 0 saturated heterocycles. The zero-order chi connectivity index (χ0) is 13.8. The van der Waals surface area contributed by atoms with Crippen LogP contribution in [-0.2, 0) is 9.53 Å². The summed E-state index contributed by atoms with van der Waals surface area (Å²) < 4.78 is 6.02. The zero-order valence-electron chi connectivity index (χ0n) is 12.2. The van der Waals surface area contributed by atoms with Crippen molar-refractivity contribution in [2.75, 3.05) is 6.54 Å². The van der Waals surface area contributed by atoms with Gasteiger partial charge in [0.15, 0.2) is 0 Å². The fourth-order valence-corrected chi connectivity index (χ4v) is 2.78. The van der Waals surface area contributed by atoms with Crippen LogP contribution in [0.2, 0.25) is 0 Å². The molecule has 1 fully saturated rings. The third-order valence-electron chi connectivity index (χ3n) is 3.65. The molecule has 18 heavy (non-hydrogen) atoms. The van der Waals surface area contributed by atoms with Crippen LogP contribution >= 0.6 is 0 Å². The second-order valence-corrected chi connectivity index (χ2v) is 6.01. The number of carbonyl (C=O) groups excluding carboxylic acids is 1. The molecule has 1 rings (SSSR count). The summed E-state index contributed by atoms with van der Waals surface area (Å²) in [6.07, 6.45) is 3.87. The highest BCUT2D eigenvalue weighted by Gasteiger charge is 2.37. The van der Waals surface area contributed by atoms with Gasteiger partial charge in [-0.25, -0.2) is 0 Å².